The lowest BCUT2D eigenvalue weighted by atomic mass is 10.1. The largest absolute Gasteiger partial charge is 0.431 e. The van der Waals surface area contributed by atoms with Gasteiger partial charge in [-0.15, -0.1) is 11.8 Å². The average molecular weight is 439 g/mol. The number of hydrogen-bond acceptors (Lipinski definition) is 4. The van der Waals surface area contributed by atoms with E-state index in [2.05, 4.69) is 6.58 Å². The molecule has 28 heavy (non-hydrogen) atoms. The first-order chi connectivity index (χ1) is 12.8. The number of hydrogen-bond donors (Lipinski definition) is 1. The molecular weight excluding hydrogens is 420 g/mol. The standard InChI is InChI=1S/C18H19ClF4N2O2S/c1-9(17(24-8-26)18(21,22)23)10(2)25(5)15-7-16(13(19)6-14(15)20)28-12(4)11(3)27/h6-8,12H,2H2,1,3-5H3,(H,24,26)/b17-9-. The summed E-state index contributed by atoms with van der Waals surface area (Å²) in [7, 11) is 1.33. The molecule has 0 saturated heterocycles. The number of carbonyl (C=O) groups excluding carboxylic acids is 2. The molecule has 1 N–H and O–H groups in total. The molecule has 0 heterocycles. The highest BCUT2D eigenvalue weighted by Crippen LogP contribution is 2.37. The monoisotopic (exact) mass is 438 g/mol. The number of rotatable bonds is 8. The zero-order chi connectivity index (χ0) is 21.8. The lowest BCUT2D eigenvalue weighted by Crippen LogP contribution is -2.29. The molecule has 0 aliphatic rings. The van der Waals surface area contributed by atoms with Gasteiger partial charge in [-0.3, -0.25) is 9.59 Å². The number of carbonyl (C=O) groups is 2. The van der Waals surface area contributed by atoms with Crippen LogP contribution in [-0.4, -0.2) is 30.7 Å². The number of ketones is 1. The van der Waals surface area contributed by atoms with Crippen LogP contribution in [0.3, 0.4) is 0 Å². The van der Waals surface area contributed by atoms with E-state index in [4.69, 9.17) is 11.6 Å². The number of alkyl halides is 3. The Hall–Kier alpha value is -2.00. The Morgan fingerprint density at radius 1 is 1.36 bits per heavy atom. The Balaban J connectivity index is 3.37. The number of nitrogens with one attached hydrogen (secondary N) is 1. The highest BCUT2D eigenvalue weighted by atomic mass is 35.5. The molecule has 10 heteroatoms. The van der Waals surface area contributed by atoms with Crippen molar-refractivity contribution in [3.05, 3.63) is 46.5 Å². The van der Waals surface area contributed by atoms with Gasteiger partial charge in [-0.2, -0.15) is 13.2 Å². The van der Waals surface area contributed by atoms with Crippen molar-refractivity contribution in [3.8, 4) is 0 Å². The topological polar surface area (TPSA) is 49.4 Å². The predicted octanol–water partition coefficient (Wildman–Crippen LogP) is 5.08. The molecule has 154 valence electrons. The van der Waals surface area contributed by atoms with Crippen molar-refractivity contribution in [2.24, 2.45) is 0 Å². The van der Waals surface area contributed by atoms with E-state index in [1.807, 2.05) is 0 Å². The summed E-state index contributed by atoms with van der Waals surface area (Å²) in [6, 6.07) is 2.35. The maximum atomic E-state index is 14.4. The Bertz CT molecular complexity index is 825. The first-order valence-corrected chi connectivity index (χ1v) is 9.14. The highest BCUT2D eigenvalue weighted by molar-refractivity contribution is 8.00. The minimum Gasteiger partial charge on any atom is -0.342 e. The third-order valence-electron chi connectivity index (χ3n) is 3.94. The number of halogens is 5. The summed E-state index contributed by atoms with van der Waals surface area (Å²) >= 11 is 7.13. The van der Waals surface area contributed by atoms with Crippen LogP contribution >= 0.6 is 23.4 Å². The fraction of sp³-hybridized carbons (Fsp3) is 0.333. The lowest BCUT2D eigenvalue weighted by Gasteiger charge is -2.26. The molecule has 0 radical (unpaired) electrons. The molecule has 0 fully saturated rings. The number of Topliss-reactive ketones (excluding diaryl/α,β-unsaturated/α-hetero) is 1. The average Bonchev–Trinajstić information content (AvgIpc) is 2.58. The van der Waals surface area contributed by atoms with Gasteiger partial charge in [-0.05, 0) is 32.9 Å². The van der Waals surface area contributed by atoms with Crippen LogP contribution < -0.4 is 10.2 Å². The fourth-order valence-electron chi connectivity index (χ4n) is 2.14. The van der Waals surface area contributed by atoms with E-state index in [1.165, 1.54) is 20.0 Å². The zero-order valence-electron chi connectivity index (χ0n) is 15.6. The molecule has 0 aliphatic heterocycles. The summed E-state index contributed by atoms with van der Waals surface area (Å²) in [6.07, 6.45) is -4.92. The third-order valence-corrected chi connectivity index (χ3v) is 5.64. The molecule has 1 unspecified atom stereocenters. The molecule has 1 aromatic rings. The van der Waals surface area contributed by atoms with Crippen molar-refractivity contribution in [2.45, 2.75) is 37.1 Å². The lowest BCUT2D eigenvalue weighted by molar-refractivity contribution is -0.116. The van der Waals surface area contributed by atoms with Crippen LogP contribution in [0.4, 0.5) is 23.2 Å². The molecule has 0 bridgehead atoms. The number of anilines is 1. The van der Waals surface area contributed by atoms with Crippen molar-refractivity contribution in [2.75, 3.05) is 11.9 Å². The van der Waals surface area contributed by atoms with Gasteiger partial charge in [0, 0.05) is 23.2 Å². The van der Waals surface area contributed by atoms with E-state index < -0.39 is 22.9 Å². The number of benzene rings is 1. The molecule has 0 aliphatic carbocycles. The van der Waals surface area contributed by atoms with Gasteiger partial charge in [0.15, 0.2) is 0 Å². The van der Waals surface area contributed by atoms with Gasteiger partial charge in [0.25, 0.3) is 0 Å². The molecule has 0 spiro atoms. The molecule has 1 aromatic carbocycles. The first kappa shape index (κ1) is 24.0. The Morgan fingerprint density at radius 3 is 2.39 bits per heavy atom. The van der Waals surface area contributed by atoms with E-state index in [1.54, 1.807) is 12.2 Å². The SMILES string of the molecule is C=C(/C(C)=C(\NC=O)C(F)(F)F)N(C)c1cc(SC(C)C(C)=O)c(Cl)cc1F. The molecule has 0 aromatic heterocycles. The third kappa shape index (κ3) is 5.75. The van der Waals surface area contributed by atoms with Crippen LogP contribution in [0.5, 0.6) is 0 Å². The summed E-state index contributed by atoms with van der Waals surface area (Å²) in [6.45, 7) is 7.75. The van der Waals surface area contributed by atoms with Crippen molar-refractivity contribution in [1.82, 2.24) is 5.32 Å². The van der Waals surface area contributed by atoms with Crippen LogP contribution in [0.15, 0.2) is 40.6 Å². The van der Waals surface area contributed by atoms with Crippen LogP contribution in [0.25, 0.3) is 0 Å². The Labute approximate surface area is 169 Å². The Kier molecular flexibility index (Phi) is 8.13. The quantitative estimate of drug-likeness (QED) is 0.266. The molecular formula is C18H19ClF4N2O2S. The maximum absolute atomic E-state index is 14.4. The molecule has 1 amide bonds. The molecule has 1 atom stereocenters. The second-order valence-corrected chi connectivity index (χ2v) is 7.66. The van der Waals surface area contributed by atoms with Gasteiger partial charge in [-0.25, -0.2) is 4.39 Å². The minimum atomic E-state index is -4.83. The van der Waals surface area contributed by atoms with E-state index in [0.717, 1.165) is 29.7 Å². The normalized spacial score (nSPS) is 13.5. The number of thioether (sulfide) groups is 1. The van der Waals surface area contributed by atoms with Crippen LogP contribution in [0.2, 0.25) is 5.02 Å². The van der Waals surface area contributed by atoms with Crippen LogP contribution in [0, 0.1) is 5.82 Å². The maximum Gasteiger partial charge on any atom is 0.431 e. The second-order valence-electron chi connectivity index (χ2n) is 5.87. The van der Waals surface area contributed by atoms with Gasteiger partial charge in [0.1, 0.15) is 17.3 Å². The second kappa shape index (κ2) is 9.47. The first-order valence-electron chi connectivity index (χ1n) is 7.88. The molecule has 1 rings (SSSR count). The van der Waals surface area contributed by atoms with Crippen molar-refractivity contribution >= 4 is 41.2 Å². The molecule has 4 nitrogen and oxygen atoms in total. The summed E-state index contributed by atoms with van der Waals surface area (Å²) in [5, 5.41) is 1.24. The smallest absolute Gasteiger partial charge is 0.342 e. The number of allylic oxidation sites excluding steroid dienone is 2. The van der Waals surface area contributed by atoms with Crippen LogP contribution in [0.1, 0.15) is 20.8 Å². The minimum absolute atomic E-state index is 0.0734. The van der Waals surface area contributed by atoms with Gasteiger partial charge in [0.2, 0.25) is 6.41 Å². The van der Waals surface area contributed by atoms with Crippen molar-refractivity contribution < 1.29 is 27.2 Å². The Morgan fingerprint density at radius 2 is 1.93 bits per heavy atom. The number of amides is 1. The van der Waals surface area contributed by atoms with Crippen LogP contribution in [-0.2, 0) is 9.59 Å². The van der Waals surface area contributed by atoms with Crippen molar-refractivity contribution in [3.63, 3.8) is 0 Å². The van der Waals surface area contributed by atoms with E-state index >= 15 is 0 Å². The van der Waals surface area contributed by atoms with Gasteiger partial charge in [-0.1, -0.05) is 18.2 Å². The summed E-state index contributed by atoms with van der Waals surface area (Å²) in [5.74, 6) is -0.892. The highest BCUT2D eigenvalue weighted by Gasteiger charge is 2.36. The number of nitrogens with zero attached hydrogens (tertiary/aromatic N) is 1. The predicted molar refractivity (Wildman–Crippen MR) is 103 cm³/mol. The summed E-state index contributed by atoms with van der Waals surface area (Å²) in [4.78, 5) is 23.5. The van der Waals surface area contributed by atoms with E-state index in [9.17, 15) is 27.2 Å². The fourth-order valence-corrected chi connectivity index (χ4v) is 3.32. The van der Waals surface area contributed by atoms with Gasteiger partial charge >= 0.3 is 6.18 Å². The molecule has 0 saturated carbocycles. The van der Waals surface area contributed by atoms with Gasteiger partial charge in [0.05, 0.1) is 16.0 Å². The summed E-state index contributed by atoms with van der Waals surface area (Å²) < 4.78 is 53.8. The zero-order valence-corrected chi connectivity index (χ0v) is 17.2. The van der Waals surface area contributed by atoms with E-state index in [-0.39, 0.29) is 34.2 Å². The van der Waals surface area contributed by atoms with Crippen molar-refractivity contribution in [1.29, 1.82) is 0 Å². The van der Waals surface area contributed by atoms with E-state index in [0.29, 0.717) is 4.90 Å². The van der Waals surface area contributed by atoms with Gasteiger partial charge < -0.3 is 10.2 Å². The number of likely N-dealkylation sites (N-methyl/N-ethyl adjacent to an activating group) is 1. The summed E-state index contributed by atoms with van der Waals surface area (Å²) in [5.41, 5.74) is -1.95.